The molecule has 12 heavy (non-hydrogen) atoms. The second kappa shape index (κ2) is 5.35. The molecule has 1 unspecified atom stereocenters. The predicted octanol–water partition coefficient (Wildman–Crippen LogP) is -0.184. The maximum absolute atomic E-state index is 11.0. The van der Waals surface area contributed by atoms with Crippen LogP contribution in [0.3, 0.4) is 0 Å². The van der Waals surface area contributed by atoms with Crippen molar-refractivity contribution < 1.29 is 14.3 Å². The van der Waals surface area contributed by atoms with Gasteiger partial charge in [-0.2, -0.15) is 0 Å². The molecule has 1 atom stereocenters. The first-order chi connectivity index (χ1) is 5.29. The molecule has 72 valence electrons. The molecule has 5 heteroatoms. The van der Waals surface area contributed by atoms with Gasteiger partial charge < -0.3 is 14.8 Å². The van der Waals surface area contributed by atoms with Gasteiger partial charge in [0.15, 0.2) is 6.10 Å². The quantitative estimate of drug-likeness (QED) is 0.635. The Labute approximate surface area is 78.0 Å². The molecular formula is C7H14ClNO3. The number of hydrogen-bond acceptors (Lipinski definition) is 4. The van der Waals surface area contributed by atoms with E-state index in [0.717, 1.165) is 13.1 Å². The van der Waals surface area contributed by atoms with E-state index in [1.54, 1.807) is 0 Å². The zero-order valence-corrected chi connectivity index (χ0v) is 8.02. The summed E-state index contributed by atoms with van der Waals surface area (Å²) in [4.78, 5) is 11.0. The number of rotatable bonds is 3. The standard InChI is InChI=1S/C7H13NO3.ClH/c1-10-6(7(9)11-2)5-3-8-4-5;/h5-6,8H,3-4H2,1-2H3;1H. The highest BCUT2D eigenvalue weighted by molar-refractivity contribution is 5.85. The Morgan fingerprint density at radius 1 is 1.50 bits per heavy atom. The molecule has 0 aromatic rings. The van der Waals surface area contributed by atoms with E-state index in [9.17, 15) is 4.79 Å². The van der Waals surface area contributed by atoms with Crippen molar-refractivity contribution >= 4 is 18.4 Å². The Morgan fingerprint density at radius 2 is 2.08 bits per heavy atom. The van der Waals surface area contributed by atoms with Crippen molar-refractivity contribution in [1.82, 2.24) is 5.32 Å². The topological polar surface area (TPSA) is 47.6 Å². The average molecular weight is 196 g/mol. The molecule has 1 saturated heterocycles. The van der Waals surface area contributed by atoms with Crippen LogP contribution in [-0.2, 0) is 14.3 Å². The van der Waals surface area contributed by atoms with E-state index in [-0.39, 0.29) is 30.4 Å². The molecule has 0 aromatic heterocycles. The molecule has 0 amide bonds. The molecule has 1 aliphatic rings. The molecular weight excluding hydrogens is 182 g/mol. The first-order valence-corrected chi connectivity index (χ1v) is 3.61. The first-order valence-electron chi connectivity index (χ1n) is 3.61. The number of methoxy groups -OCH3 is 2. The minimum absolute atomic E-state index is 0. The lowest BCUT2D eigenvalue weighted by atomic mass is 9.96. The van der Waals surface area contributed by atoms with Crippen molar-refractivity contribution in [3.05, 3.63) is 0 Å². The number of carbonyl (C=O) groups excluding carboxylic acids is 1. The van der Waals surface area contributed by atoms with Gasteiger partial charge >= 0.3 is 5.97 Å². The molecule has 0 bridgehead atoms. The van der Waals surface area contributed by atoms with E-state index in [1.165, 1.54) is 14.2 Å². The molecule has 0 saturated carbocycles. The maximum Gasteiger partial charge on any atom is 0.335 e. The van der Waals surface area contributed by atoms with Crippen molar-refractivity contribution in [2.45, 2.75) is 6.10 Å². The lowest BCUT2D eigenvalue weighted by Crippen LogP contribution is -2.52. The third kappa shape index (κ3) is 2.33. The van der Waals surface area contributed by atoms with Gasteiger partial charge in [0.2, 0.25) is 0 Å². The predicted molar refractivity (Wildman–Crippen MR) is 46.4 cm³/mol. The highest BCUT2D eigenvalue weighted by atomic mass is 35.5. The summed E-state index contributed by atoms with van der Waals surface area (Å²) in [5.41, 5.74) is 0. The first kappa shape index (κ1) is 11.7. The van der Waals surface area contributed by atoms with Gasteiger partial charge in [-0.25, -0.2) is 4.79 Å². The molecule has 1 N–H and O–H groups in total. The highest BCUT2D eigenvalue weighted by Gasteiger charge is 2.33. The summed E-state index contributed by atoms with van der Waals surface area (Å²) in [6, 6.07) is 0. The number of ether oxygens (including phenoxy) is 2. The van der Waals surface area contributed by atoms with Crippen LogP contribution in [0, 0.1) is 5.92 Å². The fraction of sp³-hybridized carbons (Fsp3) is 0.857. The smallest absolute Gasteiger partial charge is 0.335 e. The maximum atomic E-state index is 11.0. The Morgan fingerprint density at radius 3 is 2.33 bits per heavy atom. The van der Waals surface area contributed by atoms with E-state index >= 15 is 0 Å². The second-order valence-electron chi connectivity index (χ2n) is 2.60. The molecule has 1 rings (SSSR count). The molecule has 1 heterocycles. The Hall–Kier alpha value is -0.320. The van der Waals surface area contributed by atoms with Crippen LogP contribution in [0.15, 0.2) is 0 Å². The summed E-state index contributed by atoms with van der Waals surface area (Å²) in [5, 5.41) is 3.07. The minimum Gasteiger partial charge on any atom is -0.467 e. The van der Waals surface area contributed by atoms with Gasteiger partial charge in [0, 0.05) is 26.1 Å². The van der Waals surface area contributed by atoms with Gasteiger partial charge in [-0.15, -0.1) is 12.4 Å². The lowest BCUT2D eigenvalue weighted by Gasteiger charge is -2.31. The third-order valence-electron chi connectivity index (χ3n) is 1.93. The van der Waals surface area contributed by atoms with Gasteiger partial charge in [0.05, 0.1) is 7.11 Å². The van der Waals surface area contributed by atoms with Crippen LogP contribution in [-0.4, -0.2) is 39.4 Å². The van der Waals surface area contributed by atoms with E-state index < -0.39 is 0 Å². The van der Waals surface area contributed by atoms with E-state index in [2.05, 4.69) is 10.1 Å². The SMILES string of the molecule is COC(=O)C(OC)C1CNC1.Cl. The van der Waals surface area contributed by atoms with Crippen molar-refractivity contribution in [2.75, 3.05) is 27.3 Å². The Kier molecular flexibility index (Phi) is 5.20. The van der Waals surface area contributed by atoms with Crippen LogP contribution in [0.4, 0.5) is 0 Å². The molecule has 1 fully saturated rings. The number of hydrogen-bond donors (Lipinski definition) is 1. The van der Waals surface area contributed by atoms with E-state index in [1.807, 2.05) is 0 Å². The molecule has 4 nitrogen and oxygen atoms in total. The second-order valence-corrected chi connectivity index (χ2v) is 2.60. The lowest BCUT2D eigenvalue weighted by molar-refractivity contribution is -0.157. The Bertz CT molecular complexity index is 150. The van der Waals surface area contributed by atoms with Crippen LogP contribution < -0.4 is 5.32 Å². The molecule has 0 aromatic carbocycles. The minimum atomic E-state index is -0.388. The van der Waals surface area contributed by atoms with Gasteiger partial charge in [-0.05, 0) is 0 Å². The van der Waals surface area contributed by atoms with Gasteiger partial charge in [0.25, 0.3) is 0 Å². The molecule has 1 aliphatic heterocycles. The molecule has 0 aliphatic carbocycles. The zero-order valence-electron chi connectivity index (χ0n) is 7.20. The number of carbonyl (C=O) groups is 1. The normalized spacial score (nSPS) is 18.8. The van der Waals surface area contributed by atoms with Crippen LogP contribution in [0.5, 0.6) is 0 Å². The van der Waals surface area contributed by atoms with Gasteiger partial charge in [-0.1, -0.05) is 0 Å². The van der Waals surface area contributed by atoms with Crippen LogP contribution in [0.25, 0.3) is 0 Å². The Balaban J connectivity index is 0.00000121. The van der Waals surface area contributed by atoms with Crippen molar-refractivity contribution in [2.24, 2.45) is 5.92 Å². The number of esters is 1. The number of halogens is 1. The summed E-state index contributed by atoms with van der Waals surface area (Å²) in [7, 11) is 2.90. The van der Waals surface area contributed by atoms with Crippen LogP contribution in [0.1, 0.15) is 0 Å². The summed E-state index contributed by atoms with van der Waals surface area (Å²) in [5.74, 6) is 0.00597. The fourth-order valence-corrected chi connectivity index (χ4v) is 1.12. The van der Waals surface area contributed by atoms with Crippen LogP contribution in [0.2, 0.25) is 0 Å². The average Bonchev–Trinajstić information content (AvgIpc) is 1.94. The summed E-state index contributed by atoms with van der Waals surface area (Å²) >= 11 is 0. The van der Waals surface area contributed by atoms with Gasteiger partial charge in [-0.3, -0.25) is 0 Å². The molecule has 0 radical (unpaired) electrons. The summed E-state index contributed by atoms with van der Waals surface area (Å²) in [6.07, 6.45) is -0.388. The zero-order chi connectivity index (χ0) is 8.27. The van der Waals surface area contributed by atoms with Crippen molar-refractivity contribution in [1.29, 1.82) is 0 Å². The third-order valence-corrected chi connectivity index (χ3v) is 1.93. The van der Waals surface area contributed by atoms with E-state index in [0.29, 0.717) is 0 Å². The fourth-order valence-electron chi connectivity index (χ4n) is 1.12. The summed E-state index contributed by atoms with van der Waals surface area (Å²) < 4.78 is 9.56. The molecule has 0 spiro atoms. The number of nitrogens with one attached hydrogen (secondary N) is 1. The monoisotopic (exact) mass is 195 g/mol. The summed E-state index contributed by atoms with van der Waals surface area (Å²) in [6.45, 7) is 1.68. The van der Waals surface area contributed by atoms with Crippen molar-refractivity contribution in [3.63, 3.8) is 0 Å². The van der Waals surface area contributed by atoms with E-state index in [4.69, 9.17) is 4.74 Å². The largest absolute Gasteiger partial charge is 0.467 e. The van der Waals surface area contributed by atoms with Crippen LogP contribution >= 0.6 is 12.4 Å². The van der Waals surface area contributed by atoms with Gasteiger partial charge in [0.1, 0.15) is 0 Å². The highest BCUT2D eigenvalue weighted by Crippen LogP contribution is 2.12. The van der Waals surface area contributed by atoms with Crippen molar-refractivity contribution in [3.8, 4) is 0 Å².